The van der Waals surface area contributed by atoms with Crippen LogP contribution in [0.15, 0.2) is 48.5 Å². The van der Waals surface area contributed by atoms with Crippen LogP contribution in [-0.4, -0.2) is 28.0 Å². The third-order valence-corrected chi connectivity index (χ3v) is 4.33. The van der Waals surface area contributed by atoms with E-state index in [0.717, 1.165) is 48.5 Å². The first-order valence-electron chi connectivity index (χ1n) is 6.72. The zero-order valence-corrected chi connectivity index (χ0v) is 11.8. The summed E-state index contributed by atoms with van der Waals surface area (Å²) in [5.41, 5.74) is -5.16. The lowest BCUT2D eigenvalue weighted by atomic mass is 9.52. The minimum atomic E-state index is -5.55. The number of phenolic OH excluding ortho intramolecular Hbond substituents is 2. The van der Waals surface area contributed by atoms with Crippen LogP contribution in [0.25, 0.3) is 0 Å². The van der Waals surface area contributed by atoms with E-state index in [0.29, 0.717) is 0 Å². The fourth-order valence-electron chi connectivity index (χ4n) is 3.12. The number of phenols is 2. The van der Waals surface area contributed by atoms with E-state index in [1.807, 2.05) is 0 Å². The Bertz CT molecular complexity index is 703. The van der Waals surface area contributed by atoms with Gasteiger partial charge < -0.3 is 10.2 Å². The fraction of sp³-hybridized carbons (Fsp3) is 0.250. The van der Waals surface area contributed by atoms with Crippen LogP contribution in [0.1, 0.15) is 11.1 Å². The minimum absolute atomic E-state index is 0.391. The van der Waals surface area contributed by atoms with Gasteiger partial charge in [-0.2, -0.15) is 26.3 Å². The summed E-state index contributed by atoms with van der Waals surface area (Å²) in [6.45, 7) is 0. The highest BCUT2D eigenvalue weighted by Gasteiger charge is 2.98. The molecule has 2 N–H and O–H groups in total. The van der Waals surface area contributed by atoms with Crippen molar-refractivity contribution >= 4 is 0 Å². The number of hydrogen-bond acceptors (Lipinski definition) is 2. The molecule has 2 nitrogen and oxygen atoms in total. The van der Waals surface area contributed by atoms with Gasteiger partial charge in [-0.1, -0.05) is 24.3 Å². The van der Waals surface area contributed by atoms with Crippen molar-refractivity contribution < 1.29 is 36.6 Å². The van der Waals surface area contributed by atoms with Gasteiger partial charge in [-0.05, 0) is 35.4 Å². The monoisotopic (exact) mass is 348 g/mol. The Morgan fingerprint density at radius 2 is 0.792 bits per heavy atom. The van der Waals surface area contributed by atoms with E-state index < -0.39 is 45.8 Å². The molecule has 1 saturated carbocycles. The Morgan fingerprint density at radius 1 is 0.500 bits per heavy atom. The molecule has 0 spiro atoms. The molecule has 2 aromatic carbocycles. The topological polar surface area (TPSA) is 40.5 Å². The molecule has 128 valence electrons. The second kappa shape index (κ2) is 4.58. The molecule has 1 aliphatic rings. The molecular formula is C16H10F6O2. The van der Waals surface area contributed by atoms with Crippen molar-refractivity contribution in [2.45, 2.75) is 23.2 Å². The van der Waals surface area contributed by atoms with Gasteiger partial charge in [0.05, 0.1) is 0 Å². The number of aromatic hydroxyl groups is 2. The van der Waals surface area contributed by atoms with Gasteiger partial charge in [-0.15, -0.1) is 0 Å². The van der Waals surface area contributed by atoms with E-state index in [1.165, 1.54) is 0 Å². The van der Waals surface area contributed by atoms with Crippen LogP contribution in [-0.2, 0) is 5.41 Å². The summed E-state index contributed by atoms with van der Waals surface area (Å²) in [7, 11) is 0. The summed E-state index contributed by atoms with van der Waals surface area (Å²) in [4.78, 5) is 0. The number of hydrogen-bond donors (Lipinski definition) is 2. The quantitative estimate of drug-likeness (QED) is 0.795. The lowest BCUT2D eigenvalue weighted by Gasteiger charge is -2.59. The average molecular weight is 348 g/mol. The van der Waals surface area contributed by atoms with E-state index in [1.54, 1.807) is 0 Å². The van der Waals surface area contributed by atoms with Gasteiger partial charge in [-0.25, -0.2) is 0 Å². The van der Waals surface area contributed by atoms with E-state index in [-0.39, 0.29) is 0 Å². The molecule has 0 amide bonds. The van der Waals surface area contributed by atoms with E-state index >= 15 is 0 Å². The van der Waals surface area contributed by atoms with Crippen LogP contribution < -0.4 is 0 Å². The Labute approximate surface area is 132 Å². The Balaban J connectivity index is 2.35. The van der Waals surface area contributed by atoms with Crippen molar-refractivity contribution in [3.8, 4) is 11.5 Å². The summed E-state index contributed by atoms with van der Waals surface area (Å²) < 4.78 is 84.4. The highest BCUT2D eigenvalue weighted by molar-refractivity contribution is 5.55. The normalized spacial score (nSPS) is 22.6. The standard InChI is InChI=1S/C16H10F6O2/c17-14(18)13(15(19,20)16(14,21)22,9-1-5-11(23)6-2-9)10-3-7-12(24)8-4-10/h1-8,23-24H. The molecule has 0 saturated heterocycles. The van der Waals surface area contributed by atoms with Crippen molar-refractivity contribution in [2.75, 3.05) is 0 Å². The zero-order valence-electron chi connectivity index (χ0n) is 11.8. The van der Waals surface area contributed by atoms with E-state index in [4.69, 9.17) is 0 Å². The van der Waals surface area contributed by atoms with Gasteiger partial charge in [0.15, 0.2) is 5.41 Å². The maximum absolute atomic E-state index is 14.3. The SMILES string of the molecule is Oc1ccc(C2(c3ccc(O)cc3)C(F)(F)C(F)(F)C2(F)F)cc1. The van der Waals surface area contributed by atoms with Crippen molar-refractivity contribution in [2.24, 2.45) is 0 Å². The first kappa shape index (κ1) is 16.5. The number of halogens is 6. The Morgan fingerprint density at radius 3 is 1.08 bits per heavy atom. The van der Waals surface area contributed by atoms with Crippen LogP contribution in [0.2, 0.25) is 0 Å². The predicted molar refractivity (Wildman–Crippen MR) is 71.8 cm³/mol. The number of rotatable bonds is 2. The molecule has 0 radical (unpaired) electrons. The summed E-state index contributed by atoms with van der Waals surface area (Å²) in [6, 6.07) is 6.44. The molecule has 0 aromatic heterocycles. The lowest BCUT2D eigenvalue weighted by molar-refractivity contribution is -0.438. The van der Waals surface area contributed by atoms with Crippen LogP contribution in [0, 0.1) is 0 Å². The van der Waals surface area contributed by atoms with Crippen molar-refractivity contribution in [1.29, 1.82) is 0 Å². The molecule has 2 aromatic rings. The molecule has 0 bridgehead atoms. The maximum atomic E-state index is 14.3. The first-order valence-corrected chi connectivity index (χ1v) is 6.72. The Hall–Kier alpha value is -2.38. The molecule has 0 atom stereocenters. The van der Waals surface area contributed by atoms with Gasteiger partial charge >= 0.3 is 17.8 Å². The number of alkyl halides is 6. The molecule has 0 unspecified atom stereocenters. The molecule has 8 heteroatoms. The summed E-state index contributed by atoms with van der Waals surface area (Å²) in [5, 5.41) is 18.5. The molecule has 1 fully saturated rings. The summed E-state index contributed by atoms with van der Waals surface area (Å²) >= 11 is 0. The van der Waals surface area contributed by atoms with Gasteiger partial charge in [-0.3, -0.25) is 0 Å². The highest BCUT2D eigenvalue weighted by atomic mass is 19.4. The van der Waals surface area contributed by atoms with Crippen molar-refractivity contribution in [1.82, 2.24) is 0 Å². The average Bonchev–Trinajstić information content (AvgIpc) is 2.50. The molecule has 24 heavy (non-hydrogen) atoms. The van der Waals surface area contributed by atoms with Crippen LogP contribution in [0.4, 0.5) is 26.3 Å². The summed E-state index contributed by atoms with van der Waals surface area (Å²) in [5.74, 6) is -16.5. The third kappa shape index (κ3) is 1.58. The second-order valence-corrected chi connectivity index (χ2v) is 5.57. The molecule has 3 rings (SSSR count). The largest absolute Gasteiger partial charge is 0.508 e. The maximum Gasteiger partial charge on any atom is 0.374 e. The summed E-state index contributed by atoms with van der Waals surface area (Å²) in [6.07, 6.45) is 0. The highest BCUT2D eigenvalue weighted by Crippen LogP contribution is 2.74. The Kier molecular flexibility index (Phi) is 3.15. The van der Waals surface area contributed by atoms with Gasteiger partial charge in [0.2, 0.25) is 0 Å². The van der Waals surface area contributed by atoms with Gasteiger partial charge in [0.1, 0.15) is 11.5 Å². The smallest absolute Gasteiger partial charge is 0.374 e. The molecule has 1 aliphatic carbocycles. The zero-order chi connectivity index (χ0) is 18.0. The first-order chi connectivity index (χ1) is 11.0. The van der Waals surface area contributed by atoms with Crippen molar-refractivity contribution in [3.63, 3.8) is 0 Å². The van der Waals surface area contributed by atoms with Crippen LogP contribution in [0.3, 0.4) is 0 Å². The van der Waals surface area contributed by atoms with E-state index in [9.17, 15) is 36.6 Å². The lowest BCUT2D eigenvalue weighted by Crippen LogP contribution is -2.84. The van der Waals surface area contributed by atoms with Gasteiger partial charge in [0.25, 0.3) is 0 Å². The van der Waals surface area contributed by atoms with E-state index in [2.05, 4.69) is 0 Å². The molecule has 0 heterocycles. The van der Waals surface area contributed by atoms with Crippen LogP contribution in [0.5, 0.6) is 11.5 Å². The number of benzene rings is 2. The van der Waals surface area contributed by atoms with Crippen molar-refractivity contribution in [3.05, 3.63) is 59.7 Å². The fourth-order valence-corrected chi connectivity index (χ4v) is 3.12. The van der Waals surface area contributed by atoms with Crippen LogP contribution >= 0.6 is 0 Å². The second-order valence-electron chi connectivity index (χ2n) is 5.57. The predicted octanol–water partition coefficient (Wildman–Crippen LogP) is 4.30. The third-order valence-electron chi connectivity index (χ3n) is 4.33. The molecular weight excluding hydrogens is 338 g/mol. The molecule has 0 aliphatic heterocycles. The van der Waals surface area contributed by atoms with Gasteiger partial charge in [0, 0.05) is 0 Å². The minimum Gasteiger partial charge on any atom is -0.508 e.